The molecule has 2 nitrogen and oxygen atoms in total. The van der Waals surface area contributed by atoms with Crippen molar-refractivity contribution >= 4 is 11.8 Å². The van der Waals surface area contributed by atoms with Crippen molar-refractivity contribution in [2.24, 2.45) is 0 Å². The van der Waals surface area contributed by atoms with E-state index >= 15 is 0 Å². The maximum Gasteiger partial charge on any atom is 0.0540 e. The Morgan fingerprint density at radius 3 is 2.45 bits per heavy atom. The topological polar surface area (TPSA) is 23.5 Å². The summed E-state index contributed by atoms with van der Waals surface area (Å²) in [6.45, 7) is 8.00. The minimum atomic E-state index is 0.133. The third kappa shape index (κ3) is 7.00. The fourth-order valence-electron chi connectivity index (χ4n) is 1.83. The van der Waals surface area contributed by atoms with E-state index in [1.165, 1.54) is 17.9 Å². The van der Waals surface area contributed by atoms with Crippen molar-refractivity contribution in [3.63, 3.8) is 0 Å². The number of hydrogen-bond acceptors (Lipinski definition) is 3. The lowest BCUT2D eigenvalue weighted by Crippen LogP contribution is -2.25. The molecule has 0 heterocycles. The van der Waals surface area contributed by atoms with Gasteiger partial charge in [0.2, 0.25) is 0 Å². The van der Waals surface area contributed by atoms with Gasteiger partial charge in [-0.1, -0.05) is 37.8 Å². The fourth-order valence-corrected chi connectivity index (χ4v) is 2.79. The van der Waals surface area contributed by atoms with Gasteiger partial charge in [-0.25, -0.2) is 0 Å². The Bertz CT molecular complexity index is 415. The molecule has 110 valence electrons. The van der Waals surface area contributed by atoms with E-state index in [9.17, 15) is 0 Å². The van der Waals surface area contributed by atoms with Crippen LogP contribution in [-0.4, -0.2) is 42.0 Å². The Kier molecular flexibility index (Phi) is 9.23. The number of thioether (sulfide) groups is 1. The Balaban J connectivity index is 2.30. The normalized spacial score (nSPS) is 10.4. The van der Waals surface area contributed by atoms with Gasteiger partial charge in [-0.2, -0.15) is 11.8 Å². The van der Waals surface area contributed by atoms with E-state index in [0.717, 1.165) is 24.4 Å². The molecule has 1 rings (SSSR count). The second kappa shape index (κ2) is 10.8. The monoisotopic (exact) mass is 291 g/mol. The van der Waals surface area contributed by atoms with Crippen molar-refractivity contribution in [1.82, 2.24) is 4.90 Å². The van der Waals surface area contributed by atoms with E-state index in [4.69, 9.17) is 5.11 Å². The lowest BCUT2D eigenvalue weighted by Gasteiger charge is -2.17. The molecule has 0 bridgehead atoms. The summed E-state index contributed by atoms with van der Waals surface area (Å²) in [5, 5.41) is 8.67. The molecule has 0 radical (unpaired) electrons. The zero-order valence-electron chi connectivity index (χ0n) is 12.6. The van der Waals surface area contributed by atoms with Gasteiger partial charge in [0.05, 0.1) is 6.61 Å². The van der Waals surface area contributed by atoms with Crippen LogP contribution in [-0.2, 0) is 5.75 Å². The minimum absolute atomic E-state index is 0.133. The summed E-state index contributed by atoms with van der Waals surface area (Å²) < 4.78 is 0. The zero-order valence-corrected chi connectivity index (χ0v) is 13.4. The van der Waals surface area contributed by atoms with Crippen LogP contribution in [0.2, 0.25) is 0 Å². The van der Waals surface area contributed by atoms with Crippen molar-refractivity contribution in [2.45, 2.75) is 26.0 Å². The Morgan fingerprint density at radius 2 is 1.85 bits per heavy atom. The first-order chi connectivity index (χ1) is 9.80. The molecule has 0 saturated carbocycles. The van der Waals surface area contributed by atoms with E-state index in [2.05, 4.69) is 54.9 Å². The van der Waals surface area contributed by atoms with Crippen molar-refractivity contribution in [2.75, 3.05) is 32.0 Å². The number of rotatable bonds is 8. The summed E-state index contributed by atoms with van der Waals surface area (Å²) >= 11 is 1.98. The summed E-state index contributed by atoms with van der Waals surface area (Å²) in [6, 6.07) is 8.41. The lowest BCUT2D eigenvalue weighted by molar-refractivity contribution is 0.305. The van der Waals surface area contributed by atoms with Crippen LogP contribution in [0.4, 0.5) is 0 Å². The SMILES string of the molecule is CCN(CC)CCSCc1ccc(C#CCCO)cc1. The molecule has 0 atom stereocenters. The molecule has 0 aliphatic heterocycles. The van der Waals surface area contributed by atoms with Crippen LogP contribution in [0.5, 0.6) is 0 Å². The van der Waals surface area contributed by atoms with Gasteiger partial charge in [-0.15, -0.1) is 0 Å². The van der Waals surface area contributed by atoms with Gasteiger partial charge in [0, 0.05) is 30.0 Å². The van der Waals surface area contributed by atoms with Crippen LogP contribution >= 0.6 is 11.8 Å². The van der Waals surface area contributed by atoms with Crippen molar-refractivity contribution < 1.29 is 5.11 Å². The van der Waals surface area contributed by atoms with Crippen LogP contribution in [0.15, 0.2) is 24.3 Å². The number of aliphatic hydroxyl groups excluding tert-OH is 1. The molecule has 0 spiro atoms. The van der Waals surface area contributed by atoms with Gasteiger partial charge < -0.3 is 10.0 Å². The molecule has 0 unspecified atom stereocenters. The predicted octanol–water partition coefficient (Wildman–Crippen LogP) is 3.00. The second-order valence-corrected chi connectivity index (χ2v) is 5.66. The van der Waals surface area contributed by atoms with E-state index in [1.807, 2.05) is 11.8 Å². The maximum atomic E-state index is 8.67. The molecule has 0 aromatic heterocycles. The highest BCUT2D eigenvalue weighted by molar-refractivity contribution is 7.98. The first-order valence-corrected chi connectivity index (χ1v) is 8.44. The molecule has 1 aromatic carbocycles. The second-order valence-electron chi connectivity index (χ2n) is 4.55. The van der Waals surface area contributed by atoms with Crippen molar-refractivity contribution in [1.29, 1.82) is 0 Å². The predicted molar refractivity (Wildman–Crippen MR) is 89.0 cm³/mol. The number of benzene rings is 1. The van der Waals surface area contributed by atoms with Crippen LogP contribution in [0.1, 0.15) is 31.4 Å². The Morgan fingerprint density at radius 1 is 1.15 bits per heavy atom. The number of hydrogen-bond donors (Lipinski definition) is 1. The van der Waals surface area contributed by atoms with Crippen LogP contribution in [0.25, 0.3) is 0 Å². The van der Waals surface area contributed by atoms with Crippen molar-refractivity contribution in [3.05, 3.63) is 35.4 Å². The quantitative estimate of drug-likeness (QED) is 0.588. The van der Waals surface area contributed by atoms with Gasteiger partial charge in [-0.3, -0.25) is 0 Å². The van der Waals surface area contributed by atoms with E-state index in [1.54, 1.807) is 0 Å². The highest BCUT2D eigenvalue weighted by Gasteiger charge is 1.99. The van der Waals surface area contributed by atoms with Gasteiger partial charge in [-0.05, 0) is 30.8 Å². The summed E-state index contributed by atoms with van der Waals surface area (Å²) in [7, 11) is 0. The smallest absolute Gasteiger partial charge is 0.0540 e. The van der Waals surface area contributed by atoms with Crippen LogP contribution in [0.3, 0.4) is 0 Å². The van der Waals surface area contributed by atoms with Gasteiger partial charge in [0.1, 0.15) is 0 Å². The number of aliphatic hydroxyl groups is 1. The largest absolute Gasteiger partial charge is 0.395 e. The molecule has 0 amide bonds. The van der Waals surface area contributed by atoms with E-state index in [-0.39, 0.29) is 6.61 Å². The molecular weight excluding hydrogens is 266 g/mol. The van der Waals surface area contributed by atoms with E-state index in [0.29, 0.717) is 6.42 Å². The molecule has 0 aliphatic carbocycles. The first kappa shape index (κ1) is 17.1. The van der Waals surface area contributed by atoms with Crippen LogP contribution < -0.4 is 0 Å². The number of nitrogens with zero attached hydrogens (tertiary/aromatic N) is 1. The highest BCUT2D eigenvalue weighted by Crippen LogP contribution is 2.13. The Labute approximate surface area is 127 Å². The minimum Gasteiger partial charge on any atom is -0.395 e. The van der Waals surface area contributed by atoms with Gasteiger partial charge >= 0.3 is 0 Å². The molecular formula is C17H25NOS. The highest BCUT2D eigenvalue weighted by atomic mass is 32.2. The third-order valence-corrected chi connectivity index (χ3v) is 4.15. The van der Waals surface area contributed by atoms with Gasteiger partial charge in [0.15, 0.2) is 0 Å². The molecule has 0 fully saturated rings. The fraction of sp³-hybridized carbons (Fsp3) is 0.529. The molecule has 1 N–H and O–H groups in total. The summed E-state index contributed by atoms with van der Waals surface area (Å²) in [6.07, 6.45) is 0.545. The third-order valence-electron chi connectivity index (χ3n) is 3.14. The lowest BCUT2D eigenvalue weighted by atomic mass is 10.1. The molecule has 0 aliphatic rings. The van der Waals surface area contributed by atoms with Crippen molar-refractivity contribution in [3.8, 4) is 11.8 Å². The van der Waals surface area contributed by atoms with Crippen LogP contribution in [0, 0.1) is 11.8 Å². The molecule has 3 heteroatoms. The molecule has 20 heavy (non-hydrogen) atoms. The average molecular weight is 291 g/mol. The summed E-state index contributed by atoms with van der Waals surface area (Å²) in [5.41, 5.74) is 2.37. The standard InChI is InChI=1S/C17H25NOS/c1-3-18(4-2)12-14-20-15-17-10-8-16(9-11-17)7-5-6-13-19/h8-11,19H,3-4,6,12-15H2,1-2H3. The molecule has 0 saturated heterocycles. The van der Waals surface area contributed by atoms with E-state index < -0.39 is 0 Å². The Hall–Kier alpha value is -0.950. The first-order valence-electron chi connectivity index (χ1n) is 7.28. The zero-order chi connectivity index (χ0) is 14.6. The summed E-state index contributed by atoms with van der Waals surface area (Å²) in [4.78, 5) is 2.45. The van der Waals surface area contributed by atoms with Gasteiger partial charge in [0.25, 0.3) is 0 Å². The average Bonchev–Trinajstić information content (AvgIpc) is 2.49. The summed E-state index contributed by atoms with van der Waals surface area (Å²) in [5.74, 6) is 8.23. The maximum absolute atomic E-state index is 8.67. The molecule has 1 aromatic rings.